The summed E-state index contributed by atoms with van der Waals surface area (Å²) in [5.74, 6) is -0.403. The number of piperidine rings is 1. The van der Waals surface area contributed by atoms with E-state index in [2.05, 4.69) is 12.2 Å². The fraction of sp³-hybridized carbons (Fsp3) is 0.857. The quantitative estimate of drug-likeness (QED) is 0.821. The molecule has 0 spiro atoms. The first kappa shape index (κ1) is 16.4. The van der Waals surface area contributed by atoms with Gasteiger partial charge in [-0.3, -0.25) is 4.90 Å². The average Bonchev–Trinajstić information content (AvgIpc) is 2.91. The van der Waals surface area contributed by atoms with E-state index in [1.54, 1.807) is 21.6 Å². The normalized spacial score (nSPS) is 26.9. The lowest BCUT2D eigenvalue weighted by atomic mass is 10.1. The minimum absolute atomic E-state index is 0.00670. The van der Waals surface area contributed by atoms with Crippen molar-refractivity contribution in [2.75, 3.05) is 25.9 Å². The van der Waals surface area contributed by atoms with Crippen LogP contribution in [0.25, 0.3) is 0 Å². The van der Waals surface area contributed by atoms with Crippen LogP contribution < -0.4 is 5.32 Å². The van der Waals surface area contributed by atoms with Gasteiger partial charge < -0.3 is 15.3 Å². The molecule has 0 aromatic rings. The third-order valence-corrected chi connectivity index (χ3v) is 5.65. The number of carbonyl (C=O) groups excluding carboxylic acids is 1. The monoisotopic (exact) mass is 315 g/mol. The molecule has 2 fully saturated rings. The summed E-state index contributed by atoms with van der Waals surface area (Å²) in [7, 11) is 1.81. The van der Waals surface area contributed by atoms with Gasteiger partial charge in [-0.1, -0.05) is 13.3 Å². The van der Waals surface area contributed by atoms with E-state index in [-0.39, 0.29) is 17.4 Å². The SMILES string of the molecule is CCCC1SCC(C(=O)O)N1C(=O)N(C)C1CCNCC1. The van der Waals surface area contributed by atoms with Crippen molar-refractivity contribution in [3.63, 3.8) is 0 Å². The summed E-state index contributed by atoms with van der Waals surface area (Å²) < 4.78 is 0. The molecular weight excluding hydrogens is 290 g/mol. The van der Waals surface area contributed by atoms with E-state index in [0.29, 0.717) is 5.75 Å². The molecule has 2 rings (SSSR count). The van der Waals surface area contributed by atoms with Crippen molar-refractivity contribution in [3.8, 4) is 0 Å². The lowest BCUT2D eigenvalue weighted by Crippen LogP contribution is -2.54. The van der Waals surface area contributed by atoms with Crippen molar-refractivity contribution in [1.29, 1.82) is 0 Å². The Morgan fingerprint density at radius 3 is 2.62 bits per heavy atom. The van der Waals surface area contributed by atoms with Crippen LogP contribution in [0.1, 0.15) is 32.6 Å². The number of carbonyl (C=O) groups is 2. The fourth-order valence-corrected chi connectivity index (χ4v) is 4.52. The van der Waals surface area contributed by atoms with E-state index in [1.165, 1.54) is 0 Å². The molecule has 2 aliphatic heterocycles. The molecule has 2 saturated heterocycles. The van der Waals surface area contributed by atoms with E-state index in [1.807, 2.05) is 7.05 Å². The maximum absolute atomic E-state index is 12.8. The Hall–Kier alpha value is -0.950. The summed E-state index contributed by atoms with van der Waals surface area (Å²) in [5.41, 5.74) is 0. The third kappa shape index (κ3) is 3.63. The first-order chi connectivity index (χ1) is 10.1. The maximum Gasteiger partial charge on any atom is 0.327 e. The minimum atomic E-state index is -0.895. The van der Waals surface area contributed by atoms with Crippen LogP contribution in [-0.4, -0.2) is 70.3 Å². The average molecular weight is 315 g/mol. The van der Waals surface area contributed by atoms with E-state index in [4.69, 9.17) is 0 Å². The zero-order valence-corrected chi connectivity index (χ0v) is 13.6. The molecule has 0 aromatic carbocycles. The van der Waals surface area contributed by atoms with Gasteiger partial charge >= 0.3 is 12.0 Å². The van der Waals surface area contributed by atoms with Crippen LogP contribution >= 0.6 is 11.8 Å². The molecule has 21 heavy (non-hydrogen) atoms. The van der Waals surface area contributed by atoms with Gasteiger partial charge in [0, 0.05) is 18.8 Å². The van der Waals surface area contributed by atoms with Crippen LogP contribution in [-0.2, 0) is 4.79 Å². The van der Waals surface area contributed by atoms with Crippen molar-refractivity contribution in [3.05, 3.63) is 0 Å². The molecule has 0 bridgehead atoms. The first-order valence-corrected chi connectivity index (χ1v) is 8.71. The molecular formula is C14H25N3O3S. The summed E-state index contributed by atoms with van der Waals surface area (Å²) in [6.07, 6.45) is 3.66. The number of carboxylic acid groups (broad SMARTS) is 1. The molecule has 6 nitrogen and oxygen atoms in total. The van der Waals surface area contributed by atoms with E-state index in [9.17, 15) is 14.7 Å². The lowest BCUT2D eigenvalue weighted by molar-refractivity contribution is -0.141. The summed E-state index contributed by atoms with van der Waals surface area (Å²) in [6, 6.07) is -0.609. The van der Waals surface area contributed by atoms with Gasteiger partial charge in [-0.25, -0.2) is 9.59 Å². The van der Waals surface area contributed by atoms with Gasteiger partial charge in [-0.05, 0) is 32.4 Å². The molecule has 0 radical (unpaired) electrons. The van der Waals surface area contributed by atoms with Gasteiger partial charge in [0.15, 0.2) is 0 Å². The molecule has 2 unspecified atom stereocenters. The third-order valence-electron chi connectivity index (χ3n) is 4.29. The second-order valence-electron chi connectivity index (χ2n) is 5.71. The Labute approximate surface area is 130 Å². The van der Waals surface area contributed by atoms with Gasteiger partial charge in [-0.2, -0.15) is 0 Å². The van der Waals surface area contributed by atoms with E-state index in [0.717, 1.165) is 38.8 Å². The van der Waals surface area contributed by atoms with Gasteiger partial charge in [0.25, 0.3) is 0 Å². The summed E-state index contributed by atoms with van der Waals surface area (Å²) in [4.78, 5) is 27.6. The molecule has 2 heterocycles. The highest BCUT2D eigenvalue weighted by Gasteiger charge is 2.43. The Bertz CT molecular complexity index is 388. The van der Waals surface area contributed by atoms with Crippen molar-refractivity contribution in [1.82, 2.24) is 15.1 Å². The van der Waals surface area contributed by atoms with Crippen LogP contribution in [0.2, 0.25) is 0 Å². The number of urea groups is 1. The molecule has 120 valence electrons. The second-order valence-corrected chi connectivity index (χ2v) is 6.92. The summed E-state index contributed by atoms with van der Waals surface area (Å²) in [6.45, 7) is 3.89. The molecule has 2 N–H and O–H groups in total. The van der Waals surface area contributed by atoms with Crippen molar-refractivity contribution in [2.45, 2.75) is 50.1 Å². The first-order valence-electron chi connectivity index (χ1n) is 7.66. The van der Waals surface area contributed by atoms with Crippen molar-refractivity contribution < 1.29 is 14.7 Å². The van der Waals surface area contributed by atoms with Crippen molar-refractivity contribution in [2.24, 2.45) is 0 Å². The van der Waals surface area contributed by atoms with Crippen LogP contribution in [0.15, 0.2) is 0 Å². The fourth-order valence-electron chi connectivity index (χ4n) is 3.01. The molecule has 2 amide bonds. The number of amides is 2. The number of thioether (sulfide) groups is 1. The van der Waals surface area contributed by atoms with Gasteiger partial charge in [0.05, 0.1) is 5.37 Å². The summed E-state index contributed by atoms with van der Waals surface area (Å²) in [5, 5.41) is 12.7. The molecule has 0 aliphatic carbocycles. The molecule has 0 saturated carbocycles. The number of nitrogens with one attached hydrogen (secondary N) is 1. The predicted molar refractivity (Wildman–Crippen MR) is 83.5 cm³/mol. The van der Waals surface area contributed by atoms with Gasteiger partial charge in [-0.15, -0.1) is 11.8 Å². The highest BCUT2D eigenvalue weighted by molar-refractivity contribution is 8.00. The largest absolute Gasteiger partial charge is 0.480 e. The van der Waals surface area contributed by atoms with Crippen LogP contribution in [0.4, 0.5) is 4.79 Å². The summed E-state index contributed by atoms with van der Waals surface area (Å²) >= 11 is 1.59. The zero-order chi connectivity index (χ0) is 15.4. The number of hydrogen-bond donors (Lipinski definition) is 2. The highest BCUT2D eigenvalue weighted by Crippen LogP contribution is 2.33. The highest BCUT2D eigenvalue weighted by atomic mass is 32.2. The number of nitrogens with zero attached hydrogens (tertiary/aromatic N) is 2. The predicted octanol–water partition coefficient (Wildman–Crippen LogP) is 1.42. The smallest absolute Gasteiger partial charge is 0.327 e. The zero-order valence-electron chi connectivity index (χ0n) is 12.7. The molecule has 2 atom stereocenters. The Morgan fingerprint density at radius 2 is 2.05 bits per heavy atom. The Morgan fingerprint density at radius 1 is 1.38 bits per heavy atom. The number of aliphatic carboxylic acids is 1. The van der Waals surface area contributed by atoms with Gasteiger partial charge in [0.1, 0.15) is 6.04 Å². The Balaban J connectivity index is 2.09. The molecule has 0 aromatic heterocycles. The standard InChI is InChI=1S/C14H25N3O3S/c1-3-4-12-17(11(9-21-12)13(18)19)14(20)16(2)10-5-7-15-8-6-10/h10-12,15H,3-9H2,1-2H3,(H,18,19). The number of carboxylic acids is 1. The van der Waals surface area contributed by atoms with E-state index >= 15 is 0 Å². The Kier molecular flexibility index (Phi) is 5.75. The van der Waals surface area contributed by atoms with E-state index < -0.39 is 12.0 Å². The van der Waals surface area contributed by atoms with Crippen LogP contribution in [0, 0.1) is 0 Å². The molecule has 7 heteroatoms. The number of rotatable bonds is 4. The topological polar surface area (TPSA) is 72.9 Å². The molecule has 2 aliphatic rings. The number of hydrogen-bond acceptors (Lipinski definition) is 4. The van der Waals surface area contributed by atoms with Crippen LogP contribution in [0.3, 0.4) is 0 Å². The maximum atomic E-state index is 12.8. The minimum Gasteiger partial charge on any atom is -0.480 e. The van der Waals surface area contributed by atoms with Gasteiger partial charge in [0.2, 0.25) is 0 Å². The van der Waals surface area contributed by atoms with Crippen molar-refractivity contribution >= 4 is 23.8 Å². The second kappa shape index (κ2) is 7.35. The lowest BCUT2D eigenvalue weighted by Gasteiger charge is -2.37. The van der Waals surface area contributed by atoms with Crippen LogP contribution in [0.5, 0.6) is 0 Å².